The zero-order valence-electron chi connectivity index (χ0n) is 11.1. The van der Waals surface area contributed by atoms with Crippen molar-refractivity contribution in [3.05, 3.63) is 59.4 Å². The Morgan fingerprint density at radius 1 is 1.10 bits per heavy atom. The highest BCUT2D eigenvalue weighted by molar-refractivity contribution is 5.49. The normalized spacial score (nSPS) is 12.1. The predicted octanol–water partition coefficient (Wildman–Crippen LogP) is 4.29. The van der Waals surface area contributed by atoms with E-state index in [9.17, 15) is 13.2 Å². The summed E-state index contributed by atoms with van der Waals surface area (Å²) >= 11 is 0. The lowest BCUT2D eigenvalue weighted by molar-refractivity contribution is 0.408. The van der Waals surface area contributed by atoms with E-state index < -0.39 is 17.5 Å². The van der Waals surface area contributed by atoms with Crippen LogP contribution in [0.15, 0.2) is 36.4 Å². The standard InChI is InChI=1S/C15H14F3NO/c1-9(11-5-3-4-6-14(11)20-2)19-13-8-10(16)7-12(17)15(13)18/h3-9,19H,1-2H3. The molecule has 0 aliphatic carbocycles. The van der Waals surface area contributed by atoms with Crippen LogP contribution < -0.4 is 10.1 Å². The van der Waals surface area contributed by atoms with E-state index in [0.29, 0.717) is 11.8 Å². The molecule has 0 fully saturated rings. The molecule has 1 atom stereocenters. The van der Waals surface area contributed by atoms with Gasteiger partial charge in [-0.2, -0.15) is 0 Å². The van der Waals surface area contributed by atoms with Crippen molar-refractivity contribution >= 4 is 5.69 Å². The molecule has 2 aromatic carbocycles. The average molecular weight is 281 g/mol. The Bertz CT molecular complexity index is 616. The molecule has 1 N–H and O–H groups in total. The van der Waals surface area contributed by atoms with Gasteiger partial charge in [0.15, 0.2) is 11.6 Å². The lowest BCUT2D eigenvalue weighted by atomic mass is 10.1. The number of nitrogens with one attached hydrogen (secondary N) is 1. The first-order valence-electron chi connectivity index (χ1n) is 6.07. The van der Waals surface area contributed by atoms with E-state index in [1.807, 2.05) is 0 Å². The highest BCUT2D eigenvalue weighted by Crippen LogP contribution is 2.29. The minimum absolute atomic E-state index is 0.221. The largest absolute Gasteiger partial charge is 0.496 e. The van der Waals surface area contributed by atoms with Crippen LogP contribution in [-0.2, 0) is 0 Å². The van der Waals surface area contributed by atoms with Crippen LogP contribution in [0.25, 0.3) is 0 Å². The molecular weight excluding hydrogens is 267 g/mol. The van der Waals surface area contributed by atoms with Crippen LogP contribution in [0.3, 0.4) is 0 Å². The summed E-state index contributed by atoms with van der Waals surface area (Å²) in [4.78, 5) is 0. The van der Waals surface area contributed by atoms with Crippen LogP contribution in [0.5, 0.6) is 5.75 Å². The molecule has 0 radical (unpaired) electrons. The van der Waals surface area contributed by atoms with Gasteiger partial charge in [-0.1, -0.05) is 18.2 Å². The third kappa shape index (κ3) is 2.87. The predicted molar refractivity (Wildman–Crippen MR) is 71.3 cm³/mol. The molecule has 0 spiro atoms. The van der Waals surface area contributed by atoms with Gasteiger partial charge in [-0.3, -0.25) is 0 Å². The molecule has 0 amide bonds. The number of ether oxygens (including phenoxy) is 1. The van der Waals surface area contributed by atoms with Crippen molar-refractivity contribution in [3.8, 4) is 5.75 Å². The van der Waals surface area contributed by atoms with Gasteiger partial charge in [0.25, 0.3) is 0 Å². The fourth-order valence-electron chi connectivity index (χ4n) is 2.00. The quantitative estimate of drug-likeness (QED) is 0.844. The molecule has 0 aromatic heterocycles. The summed E-state index contributed by atoms with van der Waals surface area (Å²) in [6.07, 6.45) is 0. The molecule has 20 heavy (non-hydrogen) atoms. The number of rotatable bonds is 4. The Hall–Kier alpha value is -2.17. The lowest BCUT2D eigenvalue weighted by Gasteiger charge is -2.18. The Balaban J connectivity index is 2.30. The second-order valence-corrected chi connectivity index (χ2v) is 4.36. The van der Waals surface area contributed by atoms with E-state index in [2.05, 4.69) is 5.32 Å². The van der Waals surface area contributed by atoms with E-state index in [1.165, 1.54) is 7.11 Å². The minimum Gasteiger partial charge on any atom is -0.496 e. The smallest absolute Gasteiger partial charge is 0.182 e. The number of hydrogen-bond acceptors (Lipinski definition) is 2. The molecule has 1 unspecified atom stereocenters. The van der Waals surface area contributed by atoms with Gasteiger partial charge < -0.3 is 10.1 Å². The van der Waals surface area contributed by atoms with Gasteiger partial charge in [0.2, 0.25) is 0 Å². The monoisotopic (exact) mass is 281 g/mol. The van der Waals surface area contributed by atoms with Crippen LogP contribution in [0.1, 0.15) is 18.5 Å². The number of para-hydroxylation sites is 1. The fraction of sp³-hybridized carbons (Fsp3) is 0.200. The Labute approximate surface area is 115 Å². The molecular formula is C15H14F3NO. The number of benzene rings is 2. The first-order valence-corrected chi connectivity index (χ1v) is 6.07. The average Bonchev–Trinajstić information content (AvgIpc) is 2.44. The molecule has 0 saturated heterocycles. The molecule has 5 heteroatoms. The molecule has 0 saturated carbocycles. The molecule has 2 nitrogen and oxygen atoms in total. The van der Waals surface area contributed by atoms with E-state index in [1.54, 1.807) is 31.2 Å². The summed E-state index contributed by atoms with van der Waals surface area (Å²) in [5, 5.41) is 2.75. The maximum Gasteiger partial charge on any atom is 0.182 e. The van der Waals surface area contributed by atoms with E-state index in [-0.39, 0.29) is 11.7 Å². The third-order valence-electron chi connectivity index (χ3n) is 2.97. The van der Waals surface area contributed by atoms with Gasteiger partial charge in [0, 0.05) is 17.7 Å². The van der Waals surface area contributed by atoms with Crippen molar-refractivity contribution in [1.82, 2.24) is 0 Å². The van der Waals surface area contributed by atoms with Crippen LogP contribution in [-0.4, -0.2) is 7.11 Å². The van der Waals surface area contributed by atoms with Gasteiger partial charge in [0.05, 0.1) is 18.8 Å². The topological polar surface area (TPSA) is 21.3 Å². The first kappa shape index (κ1) is 14.2. The first-order chi connectivity index (χ1) is 9.52. The highest BCUT2D eigenvalue weighted by Gasteiger charge is 2.16. The molecule has 2 aromatic rings. The Morgan fingerprint density at radius 3 is 2.50 bits per heavy atom. The number of methoxy groups -OCH3 is 1. The van der Waals surface area contributed by atoms with Crippen LogP contribution >= 0.6 is 0 Å². The SMILES string of the molecule is COc1ccccc1C(C)Nc1cc(F)cc(F)c1F. The summed E-state index contributed by atoms with van der Waals surface area (Å²) in [7, 11) is 1.52. The van der Waals surface area contributed by atoms with Gasteiger partial charge in [-0.15, -0.1) is 0 Å². The van der Waals surface area contributed by atoms with Crippen molar-refractivity contribution in [2.24, 2.45) is 0 Å². The maximum atomic E-state index is 13.6. The third-order valence-corrected chi connectivity index (χ3v) is 2.97. The van der Waals surface area contributed by atoms with Gasteiger partial charge in [0.1, 0.15) is 11.6 Å². The number of hydrogen-bond donors (Lipinski definition) is 1. The van der Waals surface area contributed by atoms with E-state index >= 15 is 0 Å². The molecule has 0 aliphatic rings. The van der Waals surface area contributed by atoms with E-state index in [0.717, 1.165) is 11.6 Å². The van der Waals surface area contributed by atoms with Gasteiger partial charge in [-0.05, 0) is 13.0 Å². The molecule has 0 bridgehead atoms. The van der Waals surface area contributed by atoms with Gasteiger partial charge >= 0.3 is 0 Å². The van der Waals surface area contributed by atoms with Crippen molar-refractivity contribution in [1.29, 1.82) is 0 Å². The maximum absolute atomic E-state index is 13.6. The zero-order chi connectivity index (χ0) is 14.7. The summed E-state index contributed by atoms with van der Waals surface area (Å²) in [6.45, 7) is 1.75. The van der Waals surface area contributed by atoms with Gasteiger partial charge in [-0.25, -0.2) is 13.2 Å². The second-order valence-electron chi connectivity index (χ2n) is 4.36. The molecule has 2 rings (SSSR count). The summed E-state index contributed by atoms with van der Waals surface area (Å²) in [5.74, 6) is -2.55. The zero-order valence-corrected chi connectivity index (χ0v) is 11.1. The lowest BCUT2D eigenvalue weighted by Crippen LogP contribution is -2.10. The Morgan fingerprint density at radius 2 is 1.80 bits per heavy atom. The summed E-state index contributed by atoms with van der Waals surface area (Å²) < 4.78 is 45.1. The summed E-state index contributed by atoms with van der Waals surface area (Å²) in [6, 6.07) is 8.22. The molecule has 0 heterocycles. The second kappa shape index (κ2) is 5.86. The van der Waals surface area contributed by atoms with Crippen molar-refractivity contribution in [3.63, 3.8) is 0 Å². The van der Waals surface area contributed by atoms with Crippen LogP contribution in [0, 0.1) is 17.5 Å². The summed E-state index contributed by atoms with van der Waals surface area (Å²) in [5.41, 5.74) is 0.542. The van der Waals surface area contributed by atoms with E-state index in [4.69, 9.17) is 4.74 Å². The fourth-order valence-corrected chi connectivity index (χ4v) is 2.00. The number of anilines is 1. The molecule has 106 valence electrons. The van der Waals surface area contributed by atoms with Crippen molar-refractivity contribution in [2.75, 3.05) is 12.4 Å². The Kier molecular flexibility index (Phi) is 4.17. The minimum atomic E-state index is -1.22. The molecule has 0 aliphatic heterocycles. The van der Waals surface area contributed by atoms with Crippen molar-refractivity contribution < 1.29 is 17.9 Å². The van der Waals surface area contributed by atoms with Crippen LogP contribution in [0.2, 0.25) is 0 Å². The van der Waals surface area contributed by atoms with Crippen molar-refractivity contribution in [2.45, 2.75) is 13.0 Å². The number of halogens is 3. The highest BCUT2D eigenvalue weighted by atomic mass is 19.2. The van der Waals surface area contributed by atoms with Crippen LogP contribution in [0.4, 0.5) is 18.9 Å².